The number of nitrogens with zero attached hydrogens (tertiary/aromatic N) is 1. The van der Waals surface area contributed by atoms with Crippen molar-refractivity contribution in [1.29, 1.82) is 0 Å². The van der Waals surface area contributed by atoms with Crippen molar-refractivity contribution in [3.8, 4) is 11.3 Å². The first kappa shape index (κ1) is 15.0. The summed E-state index contributed by atoms with van der Waals surface area (Å²) >= 11 is 0. The summed E-state index contributed by atoms with van der Waals surface area (Å²) in [5.74, 6) is 0. The van der Waals surface area contributed by atoms with Gasteiger partial charge >= 0.3 is 0 Å². The molecule has 2 aromatic heterocycles. The second-order valence-corrected chi connectivity index (χ2v) is 8.15. The van der Waals surface area contributed by atoms with E-state index in [0.717, 1.165) is 22.2 Å². The highest BCUT2D eigenvalue weighted by Gasteiger charge is 2.35. The molecule has 5 aromatic rings. The van der Waals surface area contributed by atoms with Crippen LogP contribution in [0.25, 0.3) is 44.0 Å². The molecular weight excluding hydrogens is 330 g/mol. The van der Waals surface area contributed by atoms with E-state index in [-0.39, 0.29) is 5.41 Å². The fourth-order valence-electron chi connectivity index (χ4n) is 4.94. The Morgan fingerprint density at radius 2 is 1.74 bits per heavy atom. The van der Waals surface area contributed by atoms with Crippen molar-refractivity contribution in [2.45, 2.75) is 26.2 Å². The van der Waals surface area contributed by atoms with Crippen molar-refractivity contribution in [3.63, 3.8) is 0 Å². The van der Waals surface area contributed by atoms with Crippen molar-refractivity contribution in [2.75, 3.05) is 0 Å². The molecular formula is C25H19NO. The maximum atomic E-state index is 6.18. The number of rotatable bonds is 0. The topological polar surface area (TPSA) is 26.0 Å². The molecule has 2 heterocycles. The summed E-state index contributed by atoms with van der Waals surface area (Å²) in [5, 5.41) is 4.94. The first-order valence-corrected chi connectivity index (χ1v) is 9.40. The van der Waals surface area contributed by atoms with Gasteiger partial charge < -0.3 is 4.42 Å². The molecule has 0 unspecified atom stereocenters. The van der Waals surface area contributed by atoms with E-state index in [4.69, 9.17) is 9.40 Å². The molecule has 0 atom stereocenters. The Morgan fingerprint density at radius 1 is 0.889 bits per heavy atom. The Bertz CT molecular complexity index is 1400. The number of benzene rings is 3. The number of pyridine rings is 1. The summed E-state index contributed by atoms with van der Waals surface area (Å²) in [6, 6.07) is 19.6. The molecule has 3 aromatic carbocycles. The van der Waals surface area contributed by atoms with Crippen LogP contribution in [0.5, 0.6) is 0 Å². The van der Waals surface area contributed by atoms with E-state index in [9.17, 15) is 0 Å². The Kier molecular flexibility index (Phi) is 2.65. The van der Waals surface area contributed by atoms with Gasteiger partial charge in [0.15, 0.2) is 0 Å². The monoisotopic (exact) mass is 349 g/mol. The van der Waals surface area contributed by atoms with Gasteiger partial charge in [0.2, 0.25) is 0 Å². The largest absolute Gasteiger partial charge is 0.456 e. The van der Waals surface area contributed by atoms with E-state index in [0.29, 0.717) is 0 Å². The fourth-order valence-corrected chi connectivity index (χ4v) is 4.94. The molecule has 2 nitrogen and oxygen atoms in total. The van der Waals surface area contributed by atoms with Crippen molar-refractivity contribution in [3.05, 3.63) is 77.5 Å². The number of aryl methyl sites for hydroxylation is 1. The molecule has 0 N–H and O–H groups in total. The van der Waals surface area contributed by atoms with Crippen molar-refractivity contribution in [1.82, 2.24) is 4.98 Å². The molecule has 130 valence electrons. The highest BCUT2D eigenvalue weighted by molar-refractivity contribution is 6.15. The predicted molar refractivity (Wildman–Crippen MR) is 111 cm³/mol. The molecule has 1 aliphatic carbocycles. The Balaban J connectivity index is 1.93. The summed E-state index contributed by atoms with van der Waals surface area (Å²) in [6.07, 6.45) is 1.86. The Labute approximate surface area is 157 Å². The summed E-state index contributed by atoms with van der Waals surface area (Å²) < 4.78 is 6.18. The molecule has 27 heavy (non-hydrogen) atoms. The van der Waals surface area contributed by atoms with Gasteiger partial charge in [-0.15, -0.1) is 0 Å². The standard InChI is InChI=1S/C25H19NO/c1-14-7-9-16-15(13-14)8-10-17-23(16)25(2,3)18-5-4-6-19-21(18)22-20(27-19)11-12-26-24(17)22/h4-13H,1-3H3. The zero-order chi connectivity index (χ0) is 18.3. The lowest BCUT2D eigenvalue weighted by Gasteiger charge is -2.29. The number of hydrogen-bond acceptors (Lipinski definition) is 2. The third-order valence-corrected chi connectivity index (χ3v) is 6.14. The van der Waals surface area contributed by atoms with E-state index in [2.05, 4.69) is 69.3 Å². The van der Waals surface area contributed by atoms with Crippen LogP contribution in [0.2, 0.25) is 0 Å². The summed E-state index contributed by atoms with van der Waals surface area (Å²) in [4.78, 5) is 4.82. The minimum atomic E-state index is -0.166. The highest BCUT2D eigenvalue weighted by atomic mass is 16.3. The molecule has 0 saturated carbocycles. The summed E-state index contributed by atoms with van der Waals surface area (Å²) in [5.41, 5.74) is 7.87. The second kappa shape index (κ2) is 4.77. The lowest BCUT2D eigenvalue weighted by Crippen LogP contribution is -2.20. The molecule has 0 amide bonds. The van der Waals surface area contributed by atoms with Crippen LogP contribution in [-0.2, 0) is 5.41 Å². The maximum Gasteiger partial charge on any atom is 0.139 e. The van der Waals surface area contributed by atoms with Crippen LogP contribution in [0.3, 0.4) is 0 Å². The van der Waals surface area contributed by atoms with Crippen LogP contribution < -0.4 is 0 Å². The van der Waals surface area contributed by atoms with Gasteiger partial charge in [-0.05, 0) is 41.0 Å². The highest BCUT2D eigenvalue weighted by Crippen LogP contribution is 2.50. The van der Waals surface area contributed by atoms with Crippen LogP contribution in [0.15, 0.2) is 65.2 Å². The van der Waals surface area contributed by atoms with Crippen LogP contribution in [-0.4, -0.2) is 4.98 Å². The lowest BCUT2D eigenvalue weighted by molar-refractivity contribution is 0.647. The first-order chi connectivity index (χ1) is 13.1. The summed E-state index contributed by atoms with van der Waals surface area (Å²) in [7, 11) is 0. The molecule has 0 bridgehead atoms. The van der Waals surface area contributed by atoms with E-state index < -0.39 is 0 Å². The third kappa shape index (κ3) is 1.78. The molecule has 0 aliphatic heterocycles. The predicted octanol–water partition coefficient (Wildman–Crippen LogP) is 6.75. The van der Waals surface area contributed by atoms with Gasteiger partial charge in [0.25, 0.3) is 0 Å². The van der Waals surface area contributed by atoms with Gasteiger partial charge in [0.05, 0.1) is 11.1 Å². The average molecular weight is 349 g/mol. The zero-order valence-electron chi connectivity index (χ0n) is 15.6. The average Bonchev–Trinajstić information content (AvgIpc) is 3.01. The minimum absolute atomic E-state index is 0.166. The van der Waals surface area contributed by atoms with Gasteiger partial charge in [0.1, 0.15) is 11.2 Å². The molecule has 6 rings (SSSR count). The van der Waals surface area contributed by atoms with Crippen molar-refractivity contribution < 1.29 is 4.42 Å². The van der Waals surface area contributed by atoms with Gasteiger partial charge in [-0.2, -0.15) is 0 Å². The van der Waals surface area contributed by atoms with Crippen LogP contribution in [0, 0.1) is 6.92 Å². The van der Waals surface area contributed by atoms with Gasteiger partial charge in [-0.3, -0.25) is 4.98 Å². The Morgan fingerprint density at radius 3 is 2.63 bits per heavy atom. The SMILES string of the molecule is Cc1ccc2c3c(ccc2c1)-c1nccc2oc4cccc(c4c12)C3(C)C. The van der Waals surface area contributed by atoms with Gasteiger partial charge in [0, 0.05) is 22.6 Å². The quantitative estimate of drug-likeness (QED) is 0.309. The van der Waals surface area contributed by atoms with Crippen LogP contribution >= 0.6 is 0 Å². The Hall–Kier alpha value is -3.13. The van der Waals surface area contributed by atoms with Crippen LogP contribution in [0.4, 0.5) is 0 Å². The normalized spacial score (nSPS) is 14.8. The molecule has 0 spiro atoms. The van der Waals surface area contributed by atoms with Gasteiger partial charge in [-0.1, -0.05) is 61.9 Å². The minimum Gasteiger partial charge on any atom is -0.456 e. The molecule has 2 heteroatoms. The van der Waals surface area contributed by atoms with E-state index >= 15 is 0 Å². The number of furan rings is 1. The molecule has 0 radical (unpaired) electrons. The molecule has 1 aliphatic rings. The summed E-state index contributed by atoms with van der Waals surface area (Å²) in [6.45, 7) is 6.80. The number of hydrogen-bond donors (Lipinski definition) is 0. The lowest BCUT2D eigenvalue weighted by atomic mass is 9.74. The number of aromatic nitrogens is 1. The molecule has 0 saturated heterocycles. The van der Waals surface area contributed by atoms with Crippen LogP contribution in [0.1, 0.15) is 30.5 Å². The first-order valence-electron chi connectivity index (χ1n) is 9.40. The van der Waals surface area contributed by atoms with Crippen molar-refractivity contribution >= 4 is 32.7 Å². The van der Waals surface area contributed by atoms with E-state index in [1.165, 1.54) is 38.4 Å². The molecule has 0 fully saturated rings. The maximum absolute atomic E-state index is 6.18. The second-order valence-electron chi connectivity index (χ2n) is 8.15. The van der Waals surface area contributed by atoms with E-state index in [1.807, 2.05) is 12.3 Å². The third-order valence-electron chi connectivity index (χ3n) is 6.14. The van der Waals surface area contributed by atoms with Crippen molar-refractivity contribution in [2.24, 2.45) is 0 Å². The van der Waals surface area contributed by atoms with Gasteiger partial charge in [-0.25, -0.2) is 0 Å². The smallest absolute Gasteiger partial charge is 0.139 e. The zero-order valence-corrected chi connectivity index (χ0v) is 15.6. The van der Waals surface area contributed by atoms with E-state index in [1.54, 1.807) is 0 Å². The number of fused-ring (bicyclic) bond motifs is 4. The fraction of sp³-hybridized carbons (Fsp3) is 0.160.